The highest BCUT2D eigenvalue weighted by atomic mass is 32.1. The highest BCUT2D eigenvalue weighted by Crippen LogP contribution is 2.37. The standard InChI is InChI=1S/C12H15N3O2S/c1-15(7-3-6-13)12-14-10-8(11(16)17)4-2-5-9(10)18-12/h8H,2-5,7H2,1H3,(H,16,17). The number of nitrogens with zero attached hydrogens (tertiary/aromatic N) is 3. The van der Waals surface area contributed by atoms with E-state index in [-0.39, 0.29) is 0 Å². The molecular formula is C12H15N3O2S. The zero-order valence-electron chi connectivity index (χ0n) is 10.2. The van der Waals surface area contributed by atoms with E-state index >= 15 is 0 Å². The minimum absolute atomic E-state index is 0.448. The lowest BCUT2D eigenvalue weighted by molar-refractivity contribution is -0.139. The van der Waals surface area contributed by atoms with Gasteiger partial charge in [-0.2, -0.15) is 5.26 Å². The Labute approximate surface area is 110 Å². The molecule has 0 saturated heterocycles. The summed E-state index contributed by atoms with van der Waals surface area (Å²) in [5.74, 6) is -1.24. The molecule has 5 nitrogen and oxygen atoms in total. The summed E-state index contributed by atoms with van der Waals surface area (Å²) < 4.78 is 0. The Kier molecular flexibility index (Phi) is 3.82. The van der Waals surface area contributed by atoms with Crippen molar-refractivity contribution in [1.82, 2.24) is 4.98 Å². The monoisotopic (exact) mass is 265 g/mol. The van der Waals surface area contributed by atoms with Crippen molar-refractivity contribution in [2.45, 2.75) is 31.6 Å². The molecule has 1 atom stereocenters. The van der Waals surface area contributed by atoms with Crippen LogP contribution in [0.15, 0.2) is 0 Å². The molecular weight excluding hydrogens is 250 g/mol. The summed E-state index contributed by atoms with van der Waals surface area (Å²) in [4.78, 5) is 18.6. The highest BCUT2D eigenvalue weighted by molar-refractivity contribution is 7.15. The number of anilines is 1. The Bertz CT molecular complexity index is 492. The molecule has 0 saturated carbocycles. The van der Waals surface area contributed by atoms with E-state index in [1.54, 1.807) is 11.3 Å². The number of hydrogen-bond donors (Lipinski definition) is 1. The normalized spacial score (nSPS) is 17.9. The number of hydrogen-bond acceptors (Lipinski definition) is 5. The molecule has 0 aliphatic heterocycles. The van der Waals surface area contributed by atoms with E-state index in [2.05, 4.69) is 11.1 Å². The van der Waals surface area contributed by atoms with Gasteiger partial charge in [0.2, 0.25) is 0 Å². The van der Waals surface area contributed by atoms with E-state index in [0.717, 1.165) is 28.5 Å². The summed E-state index contributed by atoms with van der Waals surface area (Å²) in [6.07, 6.45) is 2.95. The Morgan fingerprint density at radius 3 is 3.17 bits per heavy atom. The predicted molar refractivity (Wildman–Crippen MR) is 68.9 cm³/mol. The van der Waals surface area contributed by atoms with Gasteiger partial charge in [-0.05, 0) is 19.3 Å². The van der Waals surface area contributed by atoms with Gasteiger partial charge in [-0.15, -0.1) is 11.3 Å². The Balaban J connectivity index is 2.22. The number of nitriles is 1. The summed E-state index contributed by atoms with van der Waals surface area (Å²) in [7, 11) is 1.89. The molecule has 0 fully saturated rings. The third-order valence-corrected chi connectivity index (χ3v) is 4.37. The maximum atomic E-state index is 11.2. The number of aromatic nitrogens is 1. The van der Waals surface area contributed by atoms with Gasteiger partial charge >= 0.3 is 5.97 Å². The van der Waals surface area contributed by atoms with Crippen LogP contribution in [0.5, 0.6) is 0 Å². The second kappa shape index (κ2) is 5.36. The molecule has 96 valence electrons. The van der Waals surface area contributed by atoms with E-state index in [9.17, 15) is 9.90 Å². The number of aliphatic carboxylic acids is 1. The summed E-state index contributed by atoms with van der Waals surface area (Å²) in [6, 6.07) is 2.10. The van der Waals surface area contributed by atoms with Crippen LogP contribution in [0.25, 0.3) is 0 Å². The molecule has 1 aliphatic carbocycles. The van der Waals surface area contributed by atoms with Crippen LogP contribution in [0.1, 0.15) is 35.8 Å². The zero-order chi connectivity index (χ0) is 13.1. The second-order valence-electron chi connectivity index (χ2n) is 4.42. The molecule has 0 bridgehead atoms. The van der Waals surface area contributed by atoms with Gasteiger partial charge in [0.1, 0.15) is 5.92 Å². The fourth-order valence-electron chi connectivity index (χ4n) is 2.12. The maximum Gasteiger partial charge on any atom is 0.312 e. The first kappa shape index (κ1) is 12.8. The summed E-state index contributed by atoms with van der Waals surface area (Å²) in [5, 5.41) is 18.6. The Morgan fingerprint density at radius 1 is 1.72 bits per heavy atom. The number of fused-ring (bicyclic) bond motifs is 1. The molecule has 1 aliphatic rings. The highest BCUT2D eigenvalue weighted by Gasteiger charge is 2.30. The van der Waals surface area contributed by atoms with Crippen LogP contribution in [0.3, 0.4) is 0 Å². The lowest BCUT2D eigenvalue weighted by Crippen LogP contribution is -2.19. The minimum Gasteiger partial charge on any atom is -0.481 e. The van der Waals surface area contributed by atoms with Gasteiger partial charge in [-0.25, -0.2) is 4.98 Å². The van der Waals surface area contributed by atoms with Crippen molar-refractivity contribution >= 4 is 22.4 Å². The van der Waals surface area contributed by atoms with Gasteiger partial charge in [-0.3, -0.25) is 4.79 Å². The predicted octanol–water partition coefficient (Wildman–Crippen LogP) is 2.00. The lowest BCUT2D eigenvalue weighted by atomic mass is 9.91. The summed E-state index contributed by atoms with van der Waals surface area (Å²) in [5.41, 5.74) is 0.734. The van der Waals surface area contributed by atoms with E-state index < -0.39 is 11.9 Å². The third kappa shape index (κ3) is 2.46. The molecule has 18 heavy (non-hydrogen) atoms. The first-order valence-corrected chi connectivity index (χ1v) is 6.75. The number of rotatable bonds is 4. The van der Waals surface area contributed by atoms with Gasteiger partial charge in [0.05, 0.1) is 18.2 Å². The van der Waals surface area contributed by atoms with Gasteiger partial charge in [-0.1, -0.05) is 0 Å². The Morgan fingerprint density at radius 2 is 2.50 bits per heavy atom. The van der Waals surface area contributed by atoms with Crippen LogP contribution in [0.4, 0.5) is 5.13 Å². The molecule has 1 unspecified atom stereocenters. The smallest absolute Gasteiger partial charge is 0.312 e. The lowest BCUT2D eigenvalue weighted by Gasteiger charge is -2.16. The van der Waals surface area contributed by atoms with Crippen molar-refractivity contribution < 1.29 is 9.90 Å². The number of carboxylic acid groups (broad SMARTS) is 1. The molecule has 1 heterocycles. The topological polar surface area (TPSA) is 77.2 Å². The van der Waals surface area contributed by atoms with Crippen molar-refractivity contribution in [2.75, 3.05) is 18.5 Å². The number of carbonyl (C=O) groups is 1. The average molecular weight is 265 g/mol. The molecule has 2 rings (SSSR count). The van der Waals surface area contributed by atoms with E-state index in [1.165, 1.54) is 0 Å². The molecule has 1 aromatic heterocycles. The SMILES string of the molecule is CN(CCC#N)c1nc2c(s1)CCCC2C(=O)O. The summed E-state index contributed by atoms with van der Waals surface area (Å²) >= 11 is 1.56. The first-order chi connectivity index (χ1) is 8.63. The van der Waals surface area contributed by atoms with Gasteiger partial charge in [0.15, 0.2) is 5.13 Å². The molecule has 1 aromatic rings. The first-order valence-electron chi connectivity index (χ1n) is 5.94. The largest absolute Gasteiger partial charge is 0.481 e. The van der Waals surface area contributed by atoms with Gasteiger partial charge < -0.3 is 10.0 Å². The van der Waals surface area contributed by atoms with Crippen molar-refractivity contribution in [3.05, 3.63) is 10.6 Å². The fourth-order valence-corrected chi connectivity index (χ4v) is 3.27. The van der Waals surface area contributed by atoms with Crippen LogP contribution in [-0.4, -0.2) is 29.7 Å². The Hall–Kier alpha value is -1.61. The van der Waals surface area contributed by atoms with Crippen molar-refractivity contribution in [3.63, 3.8) is 0 Å². The van der Waals surface area contributed by atoms with Crippen LogP contribution < -0.4 is 4.90 Å². The van der Waals surface area contributed by atoms with E-state index in [0.29, 0.717) is 19.4 Å². The van der Waals surface area contributed by atoms with E-state index in [1.807, 2.05) is 11.9 Å². The molecule has 0 spiro atoms. The van der Waals surface area contributed by atoms with Crippen molar-refractivity contribution in [1.29, 1.82) is 5.26 Å². The van der Waals surface area contributed by atoms with Crippen molar-refractivity contribution in [2.24, 2.45) is 0 Å². The third-order valence-electron chi connectivity index (χ3n) is 3.13. The van der Waals surface area contributed by atoms with E-state index in [4.69, 9.17) is 5.26 Å². The molecule has 0 aromatic carbocycles. The van der Waals surface area contributed by atoms with Gasteiger partial charge in [0.25, 0.3) is 0 Å². The zero-order valence-corrected chi connectivity index (χ0v) is 11.0. The molecule has 0 radical (unpaired) electrons. The van der Waals surface area contributed by atoms with Crippen LogP contribution >= 0.6 is 11.3 Å². The maximum absolute atomic E-state index is 11.2. The quantitative estimate of drug-likeness (QED) is 0.901. The molecule has 1 N–H and O–H groups in total. The summed E-state index contributed by atoms with van der Waals surface area (Å²) in [6.45, 7) is 0.626. The number of carboxylic acids is 1. The molecule has 0 amide bonds. The number of aryl methyl sites for hydroxylation is 1. The molecule has 6 heteroatoms. The second-order valence-corrected chi connectivity index (χ2v) is 5.48. The number of thiazole rings is 1. The van der Waals surface area contributed by atoms with Crippen LogP contribution in [0, 0.1) is 11.3 Å². The average Bonchev–Trinajstić information content (AvgIpc) is 2.79. The van der Waals surface area contributed by atoms with Crippen LogP contribution in [-0.2, 0) is 11.2 Å². The van der Waals surface area contributed by atoms with Gasteiger partial charge in [0, 0.05) is 18.5 Å². The minimum atomic E-state index is -0.785. The van der Waals surface area contributed by atoms with Crippen molar-refractivity contribution in [3.8, 4) is 6.07 Å². The fraction of sp³-hybridized carbons (Fsp3) is 0.583. The van der Waals surface area contributed by atoms with Crippen LogP contribution in [0.2, 0.25) is 0 Å².